The number of hydrogen-bond donors (Lipinski definition) is 1. The van der Waals surface area contributed by atoms with E-state index in [1.807, 2.05) is 7.05 Å². The molecule has 0 aromatic carbocycles. The van der Waals surface area contributed by atoms with Crippen LogP contribution < -0.4 is 5.32 Å². The van der Waals surface area contributed by atoms with Crippen LogP contribution in [0.5, 0.6) is 0 Å². The van der Waals surface area contributed by atoms with E-state index in [9.17, 15) is 0 Å². The van der Waals surface area contributed by atoms with Gasteiger partial charge in [0.2, 0.25) is 0 Å². The molecule has 0 radical (unpaired) electrons. The molecule has 2 aliphatic heterocycles. The quantitative estimate of drug-likeness (QED) is 0.603. The summed E-state index contributed by atoms with van der Waals surface area (Å²) >= 11 is 2.10. The van der Waals surface area contributed by atoms with Crippen molar-refractivity contribution in [1.29, 1.82) is 0 Å². The predicted octanol–water partition coefficient (Wildman–Crippen LogP) is 1.89. The Bertz CT molecular complexity index is 413. The Morgan fingerprint density at radius 3 is 2.71 bits per heavy atom. The fraction of sp³-hybridized carbons (Fsp3) is 0.944. The lowest BCUT2D eigenvalue weighted by Crippen LogP contribution is -2.57. The molecular formula is C18H34N4OS. The van der Waals surface area contributed by atoms with Crippen LogP contribution in [0.3, 0.4) is 0 Å². The van der Waals surface area contributed by atoms with Gasteiger partial charge >= 0.3 is 0 Å². The van der Waals surface area contributed by atoms with Crippen LogP contribution in [0.4, 0.5) is 0 Å². The molecule has 5 nitrogen and oxygen atoms in total. The van der Waals surface area contributed by atoms with E-state index in [1.165, 1.54) is 56.7 Å². The van der Waals surface area contributed by atoms with Gasteiger partial charge < -0.3 is 15.0 Å². The second kappa shape index (κ2) is 8.77. The van der Waals surface area contributed by atoms with Crippen LogP contribution in [-0.4, -0.2) is 86.3 Å². The summed E-state index contributed by atoms with van der Waals surface area (Å²) in [6.07, 6.45) is 6.60. The number of ether oxygens (including phenoxy) is 1. The molecule has 0 aromatic rings. The van der Waals surface area contributed by atoms with Crippen LogP contribution in [0.25, 0.3) is 0 Å². The Morgan fingerprint density at radius 2 is 2.08 bits per heavy atom. The monoisotopic (exact) mass is 354 g/mol. The summed E-state index contributed by atoms with van der Waals surface area (Å²) < 4.78 is 5.51. The Kier molecular flexibility index (Phi) is 6.70. The first-order chi connectivity index (χ1) is 11.7. The van der Waals surface area contributed by atoms with E-state index < -0.39 is 0 Å². The van der Waals surface area contributed by atoms with Crippen molar-refractivity contribution >= 4 is 17.7 Å². The Labute approximate surface area is 151 Å². The molecule has 3 fully saturated rings. The van der Waals surface area contributed by atoms with Crippen LogP contribution in [-0.2, 0) is 4.74 Å². The van der Waals surface area contributed by atoms with Crippen molar-refractivity contribution in [2.75, 3.05) is 65.0 Å². The van der Waals surface area contributed by atoms with Gasteiger partial charge in [-0.1, -0.05) is 12.8 Å². The van der Waals surface area contributed by atoms with Crippen LogP contribution >= 0.6 is 11.8 Å². The minimum absolute atomic E-state index is 0.355. The largest absolute Gasteiger partial charge is 0.381 e. The maximum Gasteiger partial charge on any atom is 0.193 e. The molecule has 6 heteroatoms. The minimum Gasteiger partial charge on any atom is -0.381 e. The van der Waals surface area contributed by atoms with Crippen molar-refractivity contribution in [3.05, 3.63) is 0 Å². The number of nitrogens with zero attached hydrogens (tertiary/aromatic N) is 3. The van der Waals surface area contributed by atoms with Gasteiger partial charge in [-0.3, -0.25) is 9.89 Å². The summed E-state index contributed by atoms with van der Waals surface area (Å²) in [6, 6.07) is 0. The molecule has 1 saturated carbocycles. The van der Waals surface area contributed by atoms with E-state index in [2.05, 4.69) is 38.9 Å². The molecular weight excluding hydrogens is 320 g/mol. The van der Waals surface area contributed by atoms with Gasteiger partial charge in [0.15, 0.2) is 5.96 Å². The van der Waals surface area contributed by atoms with Crippen molar-refractivity contribution in [2.45, 2.75) is 37.6 Å². The third kappa shape index (κ3) is 4.38. The molecule has 1 atom stereocenters. The Hall–Kier alpha value is -0.460. The molecule has 1 unspecified atom stereocenters. The summed E-state index contributed by atoms with van der Waals surface area (Å²) in [5.74, 6) is 4.27. The Balaban J connectivity index is 1.56. The molecule has 0 amide bonds. The van der Waals surface area contributed by atoms with Crippen molar-refractivity contribution in [1.82, 2.24) is 15.1 Å². The molecule has 1 aliphatic carbocycles. The molecule has 2 saturated heterocycles. The van der Waals surface area contributed by atoms with Gasteiger partial charge in [0, 0.05) is 69.8 Å². The minimum atomic E-state index is 0.355. The first-order valence-corrected chi connectivity index (χ1v) is 10.7. The number of nitrogens with one attached hydrogen (secondary N) is 1. The van der Waals surface area contributed by atoms with Gasteiger partial charge in [0.1, 0.15) is 0 Å². The zero-order chi connectivity index (χ0) is 16.8. The van der Waals surface area contributed by atoms with Crippen LogP contribution in [0.1, 0.15) is 32.1 Å². The first kappa shape index (κ1) is 18.3. The SMILES string of the molecule is CN=C(NCC1(N2CCSCC2)CCCC1)N(C)CC1CCOC1. The lowest BCUT2D eigenvalue weighted by molar-refractivity contribution is 0.106. The van der Waals surface area contributed by atoms with E-state index in [0.717, 1.165) is 32.3 Å². The molecule has 2 heterocycles. The second-order valence-electron chi connectivity index (χ2n) is 7.54. The zero-order valence-electron chi connectivity index (χ0n) is 15.4. The molecule has 0 aromatic heterocycles. The summed E-state index contributed by atoms with van der Waals surface area (Å²) in [5.41, 5.74) is 0.355. The lowest BCUT2D eigenvalue weighted by Gasteiger charge is -2.44. The van der Waals surface area contributed by atoms with E-state index in [4.69, 9.17) is 4.74 Å². The van der Waals surface area contributed by atoms with E-state index in [-0.39, 0.29) is 0 Å². The molecule has 24 heavy (non-hydrogen) atoms. The molecule has 3 aliphatic rings. The van der Waals surface area contributed by atoms with E-state index in [1.54, 1.807) is 0 Å². The fourth-order valence-electron chi connectivity index (χ4n) is 4.51. The van der Waals surface area contributed by atoms with Gasteiger partial charge in [0.25, 0.3) is 0 Å². The summed E-state index contributed by atoms with van der Waals surface area (Å²) in [4.78, 5) is 9.59. The highest BCUT2D eigenvalue weighted by molar-refractivity contribution is 7.99. The average Bonchev–Trinajstić information content (AvgIpc) is 3.29. The molecule has 0 spiro atoms. The lowest BCUT2D eigenvalue weighted by atomic mass is 9.94. The van der Waals surface area contributed by atoms with Crippen LogP contribution in [0.2, 0.25) is 0 Å². The molecule has 1 N–H and O–H groups in total. The summed E-state index contributed by atoms with van der Waals surface area (Å²) in [7, 11) is 4.06. The third-order valence-electron chi connectivity index (χ3n) is 5.92. The number of aliphatic imine (C=N–C) groups is 1. The maximum atomic E-state index is 5.51. The van der Waals surface area contributed by atoms with Gasteiger partial charge in [-0.05, 0) is 19.3 Å². The van der Waals surface area contributed by atoms with Crippen molar-refractivity contribution in [3.63, 3.8) is 0 Å². The van der Waals surface area contributed by atoms with Crippen LogP contribution in [0, 0.1) is 5.92 Å². The number of guanidine groups is 1. The van der Waals surface area contributed by atoms with Gasteiger partial charge in [0.05, 0.1) is 6.61 Å². The van der Waals surface area contributed by atoms with Gasteiger partial charge in [-0.15, -0.1) is 0 Å². The smallest absolute Gasteiger partial charge is 0.193 e. The number of thioether (sulfide) groups is 1. The predicted molar refractivity (Wildman–Crippen MR) is 103 cm³/mol. The average molecular weight is 355 g/mol. The standard InChI is InChI=1S/C18H34N4OS/c1-19-17(21(2)13-16-5-10-23-14-16)20-15-18(6-3-4-7-18)22-8-11-24-12-9-22/h16H,3-15H2,1-2H3,(H,19,20). The molecule has 0 bridgehead atoms. The highest BCUT2D eigenvalue weighted by Gasteiger charge is 2.40. The highest BCUT2D eigenvalue weighted by Crippen LogP contribution is 2.36. The Morgan fingerprint density at radius 1 is 1.33 bits per heavy atom. The second-order valence-corrected chi connectivity index (χ2v) is 8.77. The maximum absolute atomic E-state index is 5.51. The van der Waals surface area contributed by atoms with Crippen LogP contribution in [0.15, 0.2) is 4.99 Å². The number of rotatable bonds is 5. The topological polar surface area (TPSA) is 40.1 Å². The highest BCUT2D eigenvalue weighted by atomic mass is 32.2. The molecule has 3 rings (SSSR count). The van der Waals surface area contributed by atoms with E-state index in [0.29, 0.717) is 11.5 Å². The van der Waals surface area contributed by atoms with Crippen molar-refractivity contribution in [2.24, 2.45) is 10.9 Å². The van der Waals surface area contributed by atoms with Crippen molar-refractivity contribution in [3.8, 4) is 0 Å². The zero-order valence-corrected chi connectivity index (χ0v) is 16.2. The van der Waals surface area contributed by atoms with E-state index >= 15 is 0 Å². The normalized spacial score (nSPS) is 28.2. The van der Waals surface area contributed by atoms with Gasteiger partial charge in [-0.25, -0.2) is 0 Å². The summed E-state index contributed by atoms with van der Waals surface area (Å²) in [5, 5.41) is 3.71. The fourth-order valence-corrected chi connectivity index (χ4v) is 5.41. The third-order valence-corrected chi connectivity index (χ3v) is 6.86. The number of hydrogen-bond acceptors (Lipinski definition) is 4. The summed E-state index contributed by atoms with van der Waals surface area (Å²) in [6.45, 7) is 6.39. The first-order valence-electron chi connectivity index (χ1n) is 9.56. The van der Waals surface area contributed by atoms with Gasteiger partial charge in [-0.2, -0.15) is 11.8 Å². The van der Waals surface area contributed by atoms with Crippen molar-refractivity contribution < 1.29 is 4.74 Å². The molecule has 138 valence electrons.